The molecule has 5 nitrogen and oxygen atoms in total. The Morgan fingerprint density at radius 3 is 2.90 bits per heavy atom. The van der Waals surface area contributed by atoms with Gasteiger partial charge in [0.25, 0.3) is 5.91 Å². The highest BCUT2D eigenvalue weighted by Crippen LogP contribution is 2.27. The summed E-state index contributed by atoms with van der Waals surface area (Å²) in [5, 5.41) is 0. The molecule has 106 valence electrons. The Hall–Kier alpha value is -2.69. The Bertz CT molecular complexity index is 698. The van der Waals surface area contributed by atoms with Crippen LogP contribution in [0, 0.1) is 0 Å². The summed E-state index contributed by atoms with van der Waals surface area (Å²) >= 11 is 0. The molecule has 2 aromatic rings. The van der Waals surface area contributed by atoms with E-state index in [9.17, 15) is 9.59 Å². The summed E-state index contributed by atoms with van der Waals surface area (Å²) in [4.78, 5) is 29.9. The number of anilines is 1. The van der Waals surface area contributed by atoms with Gasteiger partial charge in [0.05, 0.1) is 18.7 Å². The van der Waals surface area contributed by atoms with Crippen molar-refractivity contribution in [3.63, 3.8) is 0 Å². The molecule has 1 aromatic carbocycles. The molecule has 0 radical (unpaired) electrons. The van der Waals surface area contributed by atoms with Crippen molar-refractivity contribution in [2.75, 3.05) is 11.5 Å². The molecule has 5 heteroatoms. The van der Waals surface area contributed by atoms with Gasteiger partial charge in [-0.2, -0.15) is 0 Å². The maximum atomic E-state index is 12.4. The number of carbonyl (C=O) groups is 2. The topological polar surface area (TPSA) is 59.5 Å². The highest BCUT2D eigenvalue weighted by atomic mass is 16.5. The van der Waals surface area contributed by atoms with Crippen molar-refractivity contribution in [1.82, 2.24) is 4.98 Å². The summed E-state index contributed by atoms with van der Waals surface area (Å²) in [6.45, 7) is 2.50. The highest BCUT2D eigenvalue weighted by Gasteiger charge is 2.29. The van der Waals surface area contributed by atoms with Crippen LogP contribution < -0.4 is 4.90 Å². The Labute approximate surface area is 122 Å². The molecule has 0 saturated carbocycles. The van der Waals surface area contributed by atoms with Gasteiger partial charge >= 0.3 is 5.97 Å². The molecular weight excluding hydrogens is 268 g/mol. The minimum Gasteiger partial charge on any atom is -0.462 e. The van der Waals surface area contributed by atoms with E-state index in [2.05, 4.69) is 4.98 Å². The summed E-state index contributed by atoms with van der Waals surface area (Å²) in [5.74, 6) is 0.138. The molecule has 0 atom stereocenters. The van der Waals surface area contributed by atoms with Crippen LogP contribution in [0.2, 0.25) is 0 Å². The van der Waals surface area contributed by atoms with E-state index in [0.717, 1.165) is 5.56 Å². The molecule has 2 heterocycles. The average molecular weight is 282 g/mol. The first kappa shape index (κ1) is 13.3. The van der Waals surface area contributed by atoms with Gasteiger partial charge in [-0.3, -0.25) is 9.69 Å². The van der Waals surface area contributed by atoms with Crippen molar-refractivity contribution in [2.24, 2.45) is 0 Å². The number of ether oxygens (including phenoxy) is 1. The Kier molecular flexibility index (Phi) is 3.39. The molecule has 1 aliphatic heterocycles. The molecule has 0 fully saturated rings. The second kappa shape index (κ2) is 5.36. The number of benzene rings is 1. The van der Waals surface area contributed by atoms with Gasteiger partial charge in [0.2, 0.25) is 0 Å². The predicted octanol–water partition coefficient (Wildman–Crippen LogP) is 2.42. The van der Waals surface area contributed by atoms with Crippen LogP contribution in [0.25, 0.3) is 0 Å². The molecule has 0 aliphatic carbocycles. The number of rotatable bonds is 3. The van der Waals surface area contributed by atoms with Crippen molar-refractivity contribution >= 4 is 17.7 Å². The molecule has 0 unspecified atom stereocenters. The molecule has 3 rings (SSSR count). The largest absolute Gasteiger partial charge is 0.462 e. The zero-order valence-electron chi connectivity index (χ0n) is 11.6. The number of fused-ring (bicyclic) bond motifs is 1. The monoisotopic (exact) mass is 282 g/mol. The Morgan fingerprint density at radius 2 is 2.19 bits per heavy atom. The zero-order valence-corrected chi connectivity index (χ0v) is 11.6. The standard InChI is InChI=1S/C16H14N2O3/c1-2-21-16(20)11-6-7-13-12(9-11)10-18(15(13)19)14-5-3-4-8-17-14/h3-9H,2,10H2,1H3. The lowest BCUT2D eigenvalue weighted by atomic mass is 10.1. The lowest BCUT2D eigenvalue weighted by molar-refractivity contribution is 0.0526. The molecular formula is C16H14N2O3. The summed E-state index contributed by atoms with van der Waals surface area (Å²) in [5.41, 5.74) is 1.89. The molecule has 1 amide bonds. The SMILES string of the molecule is CCOC(=O)c1ccc2c(c1)CN(c1ccccn1)C2=O. The third kappa shape index (κ3) is 2.38. The van der Waals surface area contributed by atoms with Crippen LogP contribution in [0.4, 0.5) is 5.82 Å². The third-order valence-corrected chi connectivity index (χ3v) is 3.35. The van der Waals surface area contributed by atoms with Crippen LogP contribution in [0.1, 0.15) is 33.2 Å². The van der Waals surface area contributed by atoms with E-state index in [0.29, 0.717) is 30.1 Å². The van der Waals surface area contributed by atoms with Gasteiger partial charge in [0, 0.05) is 11.8 Å². The summed E-state index contributed by atoms with van der Waals surface area (Å²) < 4.78 is 4.98. The van der Waals surface area contributed by atoms with E-state index in [-0.39, 0.29) is 11.9 Å². The van der Waals surface area contributed by atoms with Gasteiger partial charge in [0.1, 0.15) is 5.82 Å². The van der Waals surface area contributed by atoms with Gasteiger partial charge in [0.15, 0.2) is 0 Å². The fraction of sp³-hybridized carbons (Fsp3) is 0.188. The lowest BCUT2D eigenvalue weighted by Crippen LogP contribution is -2.23. The van der Waals surface area contributed by atoms with Gasteiger partial charge < -0.3 is 4.74 Å². The van der Waals surface area contributed by atoms with Crippen LogP contribution in [0.15, 0.2) is 42.6 Å². The third-order valence-electron chi connectivity index (χ3n) is 3.35. The lowest BCUT2D eigenvalue weighted by Gasteiger charge is -2.13. The molecule has 1 aromatic heterocycles. The fourth-order valence-corrected chi connectivity index (χ4v) is 2.36. The van der Waals surface area contributed by atoms with Crippen molar-refractivity contribution in [3.8, 4) is 0 Å². The zero-order chi connectivity index (χ0) is 14.8. The van der Waals surface area contributed by atoms with E-state index < -0.39 is 0 Å². The maximum Gasteiger partial charge on any atom is 0.338 e. The number of hydrogen-bond donors (Lipinski definition) is 0. The summed E-state index contributed by atoms with van der Waals surface area (Å²) in [7, 11) is 0. The number of aromatic nitrogens is 1. The number of esters is 1. The number of carbonyl (C=O) groups excluding carboxylic acids is 2. The molecule has 21 heavy (non-hydrogen) atoms. The molecule has 0 bridgehead atoms. The van der Waals surface area contributed by atoms with E-state index in [1.54, 1.807) is 48.4 Å². The van der Waals surface area contributed by atoms with Crippen molar-refractivity contribution in [3.05, 3.63) is 59.3 Å². The first-order chi connectivity index (χ1) is 10.2. The quantitative estimate of drug-likeness (QED) is 0.811. The van der Waals surface area contributed by atoms with E-state index in [4.69, 9.17) is 4.74 Å². The van der Waals surface area contributed by atoms with Crippen LogP contribution in [0.5, 0.6) is 0 Å². The van der Waals surface area contributed by atoms with Crippen molar-refractivity contribution < 1.29 is 14.3 Å². The van der Waals surface area contributed by atoms with Crippen molar-refractivity contribution in [1.29, 1.82) is 0 Å². The molecule has 0 N–H and O–H groups in total. The Morgan fingerprint density at radius 1 is 1.33 bits per heavy atom. The molecule has 0 saturated heterocycles. The maximum absolute atomic E-state index is 12.4. The van der Waals surface area contributed by atoms with Crippen LogP contribution >= 0.6 is 0 Å². The summed E-state index contributed by atoms with van der Waals surface area (Å²) in [6.07, 6.45) is 1.65. The van der Waals surface area contributed by atoms with Crippen LogP contribution in [-0.2, 0) is 11.3 Å². The van der Waals surface area contributed by atoms with E-state index in [1.807, 2.05) is 6.07 Å². The second-order valence-electron chi connectivity index (χ2n) is 4.67. The molecule has 1 aliphatic rings. The fourth-order valence-electron chi connectivity index (χ4n) is 2.36. The number of amides is 1. The van der Waals surface area contributed by atoms with Gasteiger partial charge in [-0.1, -0.05) is 6.07 Å². The summed E-state index contributed by atoms with van der Waals surface area (Å²) in [6, 6.07) is 10.4. The first-order valence-corrected chi connectivity index (χ1v) is 6.73. The van der Waals surface area contributed by atoms with Crippen molar-refractivity contribution in [2.45, 2.75) is 13.5 Å². The van der Waals surface area contributed by atoms with Gasteiger partial charge in [-0.25, -0.2) is 9.78 Å². The first-order valence-electron chi connectivity index (χ1n) is 6.73. The normalized spacial score (nSPS) is 13.2. The minimum atomic E-state index is -0.371. The minimum absolute atomic E-state index is 0.0980. The molecule has 0 spiro atoms. The predicted molar refractivity (Wildman–Crippen MR) is 77.1 cm³/mol. The van der Waals surface area contributed by atoms with E-state index in [1.165, 1.54) is 0 Å². The average Bonchev–Trinajstić information content (AvgIpc) is 2.85. The Balaban J connectivity index is 1.91. The number of nitrogens with zero attached hydrogens (tertiary/aromatic N) is 2. The second-order valence-corrected chi connectivity index (χ2v) is 4.67. The smallest absolute Gasteiger partial charge is 0.338 e. The van der Waals surface area contributed by atoms with Crippen LogP contribution in [0.3, 0.4) is 0 Å². The highest BCUT2D eigenvalue weighted by molar-refractivity contribution is 6.10. The van der Waals surface area contributed by atoms with Gasteiger partial charge in [-0.05, 0) is 42.8 Å². The number of hydrogen-bond acceptors (Lipinski definition) is 4. The van der Waals surface area contributed by atoms with Crippen LogP contribution in [-0.4, -0.2) is 23.5 Å². The number of pyridine rings is 1. The van der Waals surface area contributed by atoms with E-state index >= 15 is 0 Å². The van der Waals surface area contributed by atoms with Gasteiger partial charge in [-0.15, -0.1) is 0 Å².